The summed E-state index contributed by atoms with van der Waals surface area (Å²) in [5.74, 6) is -0.729. The van der Waals surface area contributed by atoms with Crippen LogP contribution in [0.5, 0.6) is 5.75 Å². The lowest BCUT2D eigenvalue weighted by atomic mass is 9.96. The van der Waals surface area contributed by atoms with Crippen molar-refractivity contribution in [3.05, 3.63) is 81.4 Å². The first-order chi connectivity index (χ1) is 15.3. The third-order valence-corrected chi connectivity index (χ3v) is 5.89. The molecule has 0 saturated heterocycles. The molecule has 0 bridgehead atoms. The van der Waals surface area contributed by atoms with Gasteiger partial charge in [-0.05, 0) is 68.5 Å². The summed E-state index contributed by atoms with van der Waals surface area (Å²) in [6.45, 7) is 6.29. The molecule has 0 aliphatic rings. The number of carboxylic acids is 1. The molecule has 1 heterocycles. The second-order valence-corrected chi connectivity index (χ2v) is 8.21. The van der Waals surface area contributed by atoms with E-state index in [2.05, 4.69) is 4.98 Å². The van der Waals surface area contributed by atoms with E-state index in [1.165, 1.54) is 6.07 Å². The van der Waals surface area contributed by atoms with Crippen molar-refractivity contribution in [2.45, 2.75) is 46.5 Å². The fourth-order valence-electron chi connectivity index (χ4n) is 3.73. The van der Waals surface area contributed by atoms with Gasteiger partial charge in [0.15, 0.2) is 0 Å². The number of ether oxygens (including phenoxy) is 1. The molecule has 0 saturated carbocycles. The summed E-state index contributed by atoms with van der Waals surface area (Å²) in [4.78, 5) is 16.6. The Kier molecular flexibility index (Phi) is 7.86. The Bertz CT molecular complexity index is 1110. The summed E-state index contributed by atoms with van der Waals surface area (Å²) in [6, 6.07) is 11.7. The van der Waals surface area contributed by atoms with Crippen molar-refractivity contribution < 1.29 is 19.0 Å². The lowest BCUT2D eigenvalue weighted by Crippen LogP contribution is -2.11. The molecule has 3 rings (SSSR count). The van der Waals surface area contributed by atoms with E-state index in [-0.39, 0.29) is 5.56 Å². The highest BCUT2D eigenvalue weighted by Crippen LogP contribution is 2.29. The number of halogens is 2. The van der Waals surface area contributed by atoms with Gasteiger partial charge in [0.1, 0.15) is 11.6 Å². The van der Waals surface area contributed by atoms with Crippen LogP contribution in [0.4, 0.5) is 4.39 Å². The van der Waals surface area contributed by atoms with Crippen LogP contribution < -0.4 is 4.74 Å². The zero-order chi connectivity index (χ0) is 23.3. The first-order valence-electron chi connectivity index (χ1n) is 10.7. The van der Waals surface area contributed by atoms with Gasteiger partial charge in [0.2, 0.25) is 0 Å². The van der Waals surface area contributed by atoms with Gasteiger partial charge in [0.25, 0.3) is 0 Å². The molecule has 168 valence electrons. The zero-order valence-electron chi connectivity index (χ0n) is 18.5. The van der Waals surface area contributed by atoms with Gasteiger partial charge in [-0.15, -0.1) is 0 Å². The third-order valence-electron chi connectivity index (χ3n) is 5.30. The largest absolute Gasteiger partial charge is 0.494 e. The molecule has 0 unspecified atom stereocenters. The lowest BCUT2D eigenvalue weighted by molar-refractivity contribution is 0.0695. The third kappa shape index (κ3) is 5.46. The van der Waals surface area contributed by atoms with Crippen LogP contribution in [0.25, 0.3) is 11.1 Å². The first-order valence-corrected chi connectivity index (χ1v) is 11.1. The Morgan fingerprint density at radius 3 is 2.38 bits per heavy atom. The molecule has 1 N–H and O–H groups in total. The molecule has 32 heavy (non-hydrogen) atoms. The first kappa shape index (κ1) is 23.7. The molecule has 4 nitrogen and oxygen atoms in total. The zero-order valence-corrected chi connectivity index (χ0v) is 19.3. The molecule has 0 radical (unpaired) electrons. The molecule has 0 spiro atoms. The predicted octanol–water partition coefficient (Wildman–Crippen LogP) is 6.82. The number of carbonyl (C=O) groups is 1. The van der Waals surface area contributed by atoms with Crippen molar-refractivity contribution in [2.24, 2.45) is 0 Å². The molecule has 0 atom stereocenters. The van der Waals surface area contributed by atoms with Crippen LogP contribution in [0.15, 0.2) is 42.5 Å². The average Bonchev–Trinajstić information content (AvgIpc) is 2.75. The molecule has 2 aromatic carbocycles. The molecule has 1 aromatic heterocycles. The van der Waals surface area contributed by atoms with Crippen LogP contribution in [0.1, 0.15) is 52.6 Å². The number of aromatic carboxylic acids is 1. The highest BCUT2D eigenvalue weighted by atomic mass is 35.5. The molecule has 6 heteroatoms. The van der Waals surface area contributed by atoms with Crippen LogP contribution in [-0.2, 0) is 12.8 Å². The topological polar surface area (TPSA) is 59.4 Å². The summed E-state index contributed by atoms with van der Waals surface area (Å²) in [5.41, 5.74) is 4.11. The number of nitrogens with zero attached hydrogens (tertiary/aromatic N) is 1. The van der Waals surface area contributed by atoms with Gasteiger partial charge >= 0.3 is 5.97 Å². The summed E-state index contributed by atoms with van der Waals surface area (Å²) in [6.07, 6.45) is 2.50. The van der Waals surface area contributed by atoms with Crippen LogP contribution >= 0.6 is 11.6 Å². The number of rotatable bonds is 9. The monoisotopic (exact) mass is 455 g/mol. The number of benzene rings is 2. The van der Waals surface area contributed by atoms with E-state index >= 15 is 0 Å². The minimum absolute atomic E-state index is 0.0984. The van der Waals surface area contributed by atoms with Gasteiger partial charge in [0.05, 0.1) is 17.9 Å². The van der Waals surface area contributed by atoms with Crippen molar-refractivity contribution in [3.8, 4) is 16.9 Å². The number of hydrogen-bond acceptors (Lipinski definition) is 3. The number of carboxylic acid groups (broad SMARTS) is 1. The highest BCUT2D eigenvalue weighted by molar-refractivity contribution is 6.32. The summed E-state index contributed by atoms with van der Waals surface area (Å²) in [5, 5.41) is 10.5. The van der Waals surface area contributed by atoms with Gasteiger partial charge in [-0.1, -0.05) is 43.1 Å². The molecule has 0 aliphatic heterocycles. The van der Waals surface area contributed by atoms with Gasteiger partial charge < -0.3 is 9.84 Å². The fraction of sp³-hybridized carbons (Fsp3) is 0.308. The molecule has 0 fully saturated rings. The average molecular weight is 456 g/mol. The maximum absolute atomic E-state index is 14.4. The van der Waals surface area contributed by atoms with Crippen molar-refractivity contribution in [2.75, 3.05) is 6.61 Å². The Labute approximate surface area is 193 Å². The molecule has 0 aliphatic carbocycles. The van der Waals surface area contributed by atoms with E-state index < -0.39 is 11.8 Å². The standard InChI is InChI=1S/C26H27ClFNO3/c1-4-8-23-20(19-9-5-6-10-22(19)28)15-21(26(30)31)24(29-23)11-7-12-32-18-13-16(2)25(27)17(3)14-18/h5-6,9-10,13-15H,4,7-8,11-12H2,1-3H3,(H,30,31). The van der Waals surface area contributed by atoms with Crippen LogP contribution in [0.3, 0.4) is 0 Å². The van der Waals surface area contributed by atoms with Crippen LogP contribution in [0.2, 0.25) is 5.02 Å². The van der Waals surface area contributed by atoms with E-state index in [0.29, 0.717) is 48.4 Å². The van der Waals surface area contributed by atoms with E-state index in [9.17, 15) is 14.3 Å². The maximum atomic E-state index is 14.4. The minimum Gasteiger partial charge on any atom is -0.494 e. The number of aryl methyl sites for hydroxylation is 4. The van der Waals surface area contributed by atoms with Crippen molar-refractivity contribution in [3.63, 3.8) is 0 Å². The molecule has 0 amide bonds. The van der Waals surface area contributed by atoms with Crippen molar-refractivity contribution in [1.82, 2.24) is 4.98 Å². The summed E-state index contributed by atoms with van der Waals surface area (Å²) in [7, 11) is 0. The van der Waals surface area contributed by atoms with E-state index in [1.807, 2.05) is 32.9 Å². The van der Waals surface area contributed by atoms with Gasteiger partial charge in [-0.25, -0.2) is 9.18 Å². The number of aromatic nitrogens is 1. The Balaban J connectivity index is 1.82. The van der Waals surface area contributed by atoms with E-state index in [0.717, 1.165) is 28.3 Å². The summed E-state index contributed by atoms with van der Waals surface area (Å²) >= 11 is 6.20. The predicted molar refractivity (Wildman–Crippen MR) is 125 cm³/mol. The minimum atomic E-state index is -1.07. The van der Waals surface area contributed by atoms with E-state index in [1.54, 1.807) is 24.3 Å². The van der Waals surface area contributed by atoms with Gasteiger partial charge in [0, 0.05) is 21.8 Å². The van der Waals surface area contributed by atoms with Crippen molar-refractivity contribution in [1.29, 1.82) is 0 Å². The normalized spacial score (nSPS) is 10.9. The lowest BCUT2D eigenvalue weighted by Gasteiger charge is -2.15. The molecule has 3 aromatic rings. The second-order valence-electron chi connectivity index (χ2n) is 7.83. The number of hydrogen-bond donors (Lipinski definition) is 1. The smallest absolute Gasteiger partial charge is 0.337 e. The molecular formula is C26H27ClFNO3. The second kappa shape index (κ2) is 10.6. The van der Waals surface area contributed by atoms with Crippen molar-refractivity contribution >= 4 is 17.6 Å². The maximum Gasteiger partial charge on any atom is 0.337 e. The fourth-order valence-corrected chi connectivity index (χ4v) is 3.84. The van der Waals surface area contributed by atoms with Gasteiger partial charge in [-0.3, -0.25) is 4.98 Å². The van der Waals surface area contributed by atoms with Crippen LogP contribution in [0, 0.1) is 19.7 Å². The van der Waals surface area contributed by atoms with E-state index in [4.69, 9.17) is 16.3 Å². The van der Waals surface area contributed by atoms with Gasteiger partial charge in [-0.2, -0.15) is 0 Å². The quantitative estimate of drug-likeness (QED) is 0.359. The Hall–Kier alpha value is -2.92. The Morgan fingerprint density at radius 1 is 1.06 bits per heavy atom. The highest BCUT2D eigenvalue weighted by Gasteiger charge is 2.19. The SMILES string of the molecule is CCCc1nc(CCCOc2cc(C)c(Cl)c(C)c2)c(C(=O)O)cc1-c1ccccc1F. The Morgan fingerprint density at radius 2 is 1.75 bits per heavy atom. The number of pyridine rings is 1. The van der Waals surface area contributed by atoms with Crippen LogP contribution in [-0.4, -0.2) is 22.7 Å². The summed E-state index contributed by atoms with van der Waals surface area (Å²) < 4.78 is 20.3. The molecular weight excluding hydrogens is 429 g/mol.